The Morgan fingerprint density at radius 1 is 1.41 bits per heavy atom. The fraction of sp³-hybridized carbons (Fsp3) is 0.286. The van der Waals surface area contributed by atoms with E-state index in [1.165, 1.54) is 12.1 Å². The van der Waals surface area contributed by atoms with Crippen molar-refractivity contribution in [3.05, 3.63) is 41.1 Å². The molecule has 0 saturated carbocycles. The van der Waals surface area contributed by atoms with E-state index >= 15 is 0 Å². The number of allylic oxidation sites excluding steroid dienone is 1. The molecule has 0 spiro atoms. The van der Waals surface area contributed by atoms with Crippen LogP contribution in [0, 0.1) is 0 Å². The van der Waals surface area contributed by atoms with Gasteiger partial charge in [-0.15, -0.1) is 0 Å². The third-order valence-corrected chi connectivity index (χ3v) is 3.31. The molecule has 4 N–H and O–H groups in total. The molecule has 8 heteroatoms. The van der Waals surface area contributed by atoms with Crippen LogP contribution in [0.25, 0.3) is 0 Å². The standard InChI is InChI=1S/C14H17BN2O5/c1-3-22-13(18)11-8(2)16-14(19)17-12(11)9-5-4-6-10(7-9)15(20)21/h4-7,12,20-21H,3H2,1-2H3,(H2,16,17,19). The second-order valence-electron chi connectivity index (χ2n) is 4.83. The number of carbonyl (C=O) groups is 2. The number of nitrogens with one attached hydrogen (secondary N) is 2. The van der Waals surface area contributed by atoms with E-state index in [1.54, 1.807) is 26.0 Å². The summed E-state index contributed by atoms with van der Waals surface area (Å²) in [6, 6.07) is 5.22. The Labute approximate surface area is 128 Å². The Bertz CT molecular complexity index is 629. The fourth-order valence-corrected chi connectivity index (χ4v) is 2.32. The number of amides is 2. The number of carbonyl (C=O) groups excluding carboxylic acids is 2. The largest absolute Gasteiger partial charge is 0.488 e. The number of hydrogen-bond acceptors (Lipinski definition) is 5. The zero-order valence-electron chi connectivity index (χ0n) is 12.3. The van der Waals surface area contributed by atoms with E-state index in [0.717, 1.165) is 0 Å². The molecule has 1 atom stereocenters. The number of urea groups is 1. The number of ether oxygens (including phenoxy) is 1. The summed E-state index contributed by atoms with van der Waals surface area (Å²) in [5, 5.41) is 23.7. The molecule has 22 heavy (non-hydrogen) atoms. The average Bonchev–Trinajstić information content (AvgIpc) is 2.46. The van der Waals surface area contributed by atoms with E-state index in [4.69, 9.17) is 4.74 Å². The van der Waals surface area contributed by atoms with Gasteiger partial charge in [0.1, 0.15) is 0 Å². The van der Waals surface area contributed by atoms with Crippen molar-refractivity contribution in [2.75, 3.05) is 6.61 Å². The monoisotopic (exact) mass is 304 g/mol. The normalized spacial score (nSPS) is 17.6. The molecule has 116 valence electrons. The van der Waals surface area contributed by atoms with Crippen molar-refractivity contribution in [3.63, 3.8) is 0 Å². The third kappa shape index (κ3) is 3.29. The summed E-state index contributed by atoms with van der Waals surface area (Å²) in [4.78, 5) is 23.8. The van der Waals surface area contributed by atoms with Gasteiger partial charge in [0.15, 0.2) is 0 Å². The Hall–Kier alpha value is -2.32. The van der Waals surface area contributed by atoms with Gasteiger partial charge in [0, 0.05) is 5.70 Å². The highest BCUT2D eigenvalue weighted by atomic mass is 16.5. The lowest BCUT2D eigenvalue weighted by Crippen LogP contribution is -2.45. The fourth-order valence-electron chi connectivity index (χ4n) is 2.32. The lowest BCUT2D eigenvalue weighted by atomic mass is 9.78. The van der Waals surface area contributed by atoms with Gasteiger partial charge in [-0.05, 0) is 24.9 Å². The van der Waals surface area contributed by atoms with Crippen LogP contribution in [0.3, 0.4) is 0 Å². The second-order valence-corrected chi connectivity index (χ2v) is 4.83. The van der Waals surface area contributed by atoms with Crippen LogP contribution in [-0.4, -0.2) is 35.8 Å². The van der Waals surface area contributed by atoms with Gasteiger partial charge in [-0.1, -0.05) is 24.3 Å². The minimum Gasteiger partial charge on any atom is -0.463 e. The summed E-state index contributed by atoms with van der Waals surface area (Å²) in [7, 11) is -1.63. The van der Waals surface area contributed by atoms with Gasteiger partial charge in [-0.25, -0.2) is 9.59 Å². The number of benzene rings is 1. The molecule has 1 unspecified atom stereocenters. The maximum atomic E-state index is 12.1. The summed E-state index contributed by atoms with van der Waals surface area (Å²) in [6.45, 7) is 3.52. The zero-order valence-corrected chi connectivity index (χ0v) is 12.3. The van der Waals surface area contributed by atoms with E-state index in [0.29, 0.717) is 11.3 Å². The SMILES string of the molecule is CCOC(=O)C1=C(C)NC(=O)NC1c1cccc(B(O)O)c1. The van der Waals surface area contributed by atoms with Gasteiger partial charge in [-0.2, -0.15) is 0 Å². The summed E-state index contributed by atoms with van der Waals surface area (Å²) in [6.07, 6.45) is 0. The van der Waals surface area contributed by atoms with Gasteiger partial charge in [0.25, 0.3) is 0 Å². The van der Waals surface area contributed by atoms with E-state index in [2.05, 4.69) is 10.6 Å². The van der Waals surface area contributed by atoms with Crippen LogP contribution in [0.15, 0.2) is 35.5 Å². The second kappa shape index (κ2) is 6.63. The number of hydrogen-bond donors (Lipinski definition) is 4. The van der Waals surface area contributed by atoms with Crippen LogP contribution >= 0.6 is 0 Å². The first kappa shape index (κ1) is 16.1. The van der Waals surface area contributed by atoms with Crippen molar-refractivity contribution in [2.24, 2.45) is 0 Å². The first-order valence-corrected chi connectivity index (χ1v) is 6.85. The third-order valence-electron chi connectivity index (χ3n) is 3.31. The molecule has 0 fully saturated rings. The van der Waals surface area contributed by atoms with Crippen molar-refractivity contribution >= 4 is 24.6 Å². The molecule has 0 saturated heterocycles. The topological polar surface area (TPSA) is 108 Å². The molecule has 0 aromatic heterocycles. The Morgan fingerprint density at radius 3 is 2.77 bits per heavy atom. The van der Waals surface area contributed by atoms with Gasteiger partial charge < -0.3 is 25.4 Å². The lowest BCUT2D eigenvalue weighted by molar-refractivity contribution is -0.139. The summed E-state index contributed by atoms with van der Waals surface area (Å²) < 4.78 is 5.03. The number of rotatable bonds is 4. The van der Waals surface area contributed by atoms with E-state index in [-0.39, 0.29) is 17.6 Å². The predicted molar refractivity (Wildman–Crippen MR) is 80.0 cm³/mol. The molecule has 1 aromatic rings. The Balaban J connectivity index is 2.45. The highest BCUT2D eigenvalue weighted by molar-refractivity contribution is 6.58. The molecule has 2 rings (SSSR count). The lowest BCUT2D eigenvalue weighted by Gasteiger charge is -2.28. The minimum absolute atomic E-state index is 0.214. The smallest absolute Gasteiger partial charge is 0.463 e. The van der Waals surface area contributed by atoms with Crippen LogP contribution < -0.4 is 16.1 Å². The quantitative estimate of drug-likeness (QED) is 0.445. The number of esters is 1. The van der Waals surface area contributed by atoms with Crippen LogP contribution in [0.1, 0.15) is 25.5 Å². The molecular weight excluding hydrogens is 287 g/mol. The zero-order chi connectivity index (χ0) is 16.3. The molecule has 0 bridgehead atoms. The van der Waals surface area contributed by atoms with Crippen molar-refractivity contribution < 1.29 is 24.4 Å². The maximum Gasteiger partial charge on any atom is 0.488 e. The first-order valence-electron chi connectivity index (χ1n) is 6.85. The molecule has 0 aliphatic carbocycles. The van der Waals surface area contributed by atoms with Gasteiger partial charge in [0.05, 0.1) is 18.2 Å². The molecule has 1 heterocycles. The average molecular weight is 304 g/mol. The Morgan fingerprint density at radius 2 is 2.14 bits per heavy atom. The van der Waals surface area contributed by atoms with Crippen molar-refractivity contribution in [2.45, 2.75) is 19.9 Å². The molecule has 1 aliphatic heterocycles. The molecule has 0 radical (unpaired) electrons. The van der Waals surface area contributed by atoms with Crippen LogP contribution in [0.5, 0.6) is 0 Å². The summed E-state index contributed by atoms with van der Waals surface area (Å²) in [5.41, 5.74) is 1.52. The molecular formula is C14H17BN2O5. The van der Waals surface area contributed by atoms with E-state index in [9.17, 15) is 19.6 Å². The first-order chi connectivity index (χ1) is 10.4. The van der Waals surface area contributed by atoms with Crippen molar-refractivity contribution in [1.29, 1.82) is 0 Å². The maximum absolute atomic E-state index is 12.1. The van der Waals surface area contributed by atoms with Gasteiger partial charge in [0.2, 0.25) is 0 Å². The highest BCUT2D eigenvalue weighted by Gasteiger charge is 2.32. The van der Waals surface area contributed by atoms with Crippen LogP contribution in [0.2, 0.25) is 0 Å². The molecule has 1 aromatic carbocycles. The predicted octanol–water partition coefficient (Wildman–Crippen LogP) is -0.443. The molecule has 2 amide bonds. The summed E-state index contributed by atoms with van der Waals surface area (Å²) >= 11 is 0. The van der Waals surface area contributed by atoms with E-state index in [1.807, 2.05) is 0 Å². The van der Waals surface area contributed by atoms with Gasteiger partial charge >= 0.3 is 19.1 Å². The van der Waals surface area contributed by atoms with E-state index < -0.39 is 25.2 Å². The van der Waals surface area contributed by atoms with Gasteiger partial charge in [-0.3, -0.25) is 0 Å². The Kier molecular flexibility index (Phi) is 4.84. The van der Waals surface area contributed by atoms with Crippen molar-refractivity contribution in [3.8, 4) is 0 Å². The van der Waals surface area contributed by atoms with Crippen molar-refractivity contribution in [1.82, 2.24) is 10.6 Å². The molecule has 7 nitrogen and oxygen atoms in total. The van der Waals surface area contributed by atoms with Crippen LogP contribution in [0.4, 0.5) is 4.79 Å². The minimum atomic E-state index is -1.63. The highest BCUT2D eigenvalue weighted by Crippen LogP contribution is 2.27. The summed E-state index contributed by atoms with van der Waals surface area (Å²) in [5.74, 6) is -0.535. The van der Waals surface area contributed by atoms with Crippen LogP contribution in [-0.2, 0) is 9.53 Å². The molecule has 1 aliphatic rings.